The number of nitrogens with zero attached hydrogens (tertiary/aromatic N) is 1. The minimum absolute atomic E-state index is 0.316. The molecule has 1 heterocycles. The first-order valence-electron chi connectivity index (χ1n) is 7.37. The first-order valence-corrected chi connectivity index (χ1v) is 7.37. The summed E-state index contributed by atoms with van der Waals surface area (Å²) in [6.45, 7) is 4.02. The Morgan fingerprint density at radius 2 is 1.76 bits per heavy atom. The molecule has 0 radical (unpaired) electrons. The molecule has 0 amide bonds. The normalized spacial score (nSPS) is 22.9. The third-order valence-electron chi connectivity index (χ3n) is 4.23. The number of methoxy groups -OCH3 is 3. The summed E-state index contributed by atoms with van der Waals surface area (Å²) in [5, 5.41) is 0. The van der Waals surface area contributed by atoms with Crippen LogP contribution in [0.1, 0.15) is 25.3 Å². The average molecular weight is 294 g/mol. The Kier molecular flexibility index (Phi) is 5.31. The number of hydrogen-bond acceptors (Lipinski definition) is 5. The Morgan fingerprint density at radius 1 is 1.14 bits per heavy atom. The smallest absolute Gasteiger partial charge is 0.130 e. The highest BCUT2D eigenvalue weighted by atomic mass is 16.5. The topological polar surface area (TPSA) is 57.0 Å². The maximum absolute atomic E-state index is 6.04. The van der Waals surface area contributed by atoms with E-state index < -0.39 is 0 Å². The second kappa shape index (κ2) is 7.00. The summed E-state index contributed by atoms with van der Waals surface area (Å²) in [5.74, 6) is 2.34. The van der Waals surface area contributed by atoms with Crippen molar-refractivity contribution in [2.24, 2.45) is 5.73 Å². The average Bonchev–Trinajstić information content (AvgIpc) is 2.49. The van der Waals surface area contributed by atoms with Crippen molar-refractivity contribution in [3.63, 3.8) is 0 Å². The minimum atomic E-state index is 0.316. The van der Waals surface area contributed by atoms with Gasteiger partial charge in [0.05, 0.1) is 26.9 Å². The number of rotatable bonds is 5. The fourth-order valence-electron chi connectivity index (χ4n) is 2.93. The Morgan fingerprint density at radius 3 is 2.24 bits per heavy atom. The second-order valence-corrected chi connectivity index (χ2v) is 5.61. The van der Waals surface area contributed by atoms with Gasteiger partial charge < -0.3 is 19.9 Å². The molecule has 0 spiro atoms. The summed E-state index contributed by atoms with van der Waals surface area (Å²) in [6, 6.07) is 4.58. The second-order valence-electron chi connectivity index (χ2n) is 5.61. The lowest BCUT2D eigenvalue weighted by Gasteiger charge is -2.36. The van der Waals surface area contributed by atoms with Crippen LogP contribution < -0.4 is 19.9 Å². The van der Waals surface area contributed by atoms with E-state index in [1.54, 1.807) is 21.3 Å². The first kappa shape index (κ1) is 15.9. The van der Waals surface area contributed by atoms with Crippen LogP contribution in [0, 0.1) is 0 Å². The van der Waals surface area contributed by atoms with E-state index in [1.807, 2.05) is 12.1 Å². The predicted octanol–water partition coefficient (Wildman–Crippen LogP) is 2.02. The highest BCUT2D eigenvalue weighted by Crippen LogP contribution is 2.35. The van der Waals surface area contributed by atoms with Crippen molar-refractivity contribution in [1.82, 2.24) is 4.90 Å². The van der Waals surface area contributed by atoms with Gasteiger partial charge in [0.25, 0.3) is 0 Å². The van der Waals surface area contributed by atoms with Gasteiger partial charge in [-0.05, 0) is 19.8 Å². The molecule has 0 aromatic heterocycles. The molecule has 1 saturated heterocycles. The van der Waals surface area contributed by atoms with Crippen molar-refractivity contribution in [2.75, 3.05) is 27.9 Å². The molecule has 0 saturated carbocycles. The van der Waals surface area contributed by atoms with Crippen molar-refractivity contribution in [2.45, 2.75) is 38.4 Å². The molecule has 0 aliphatic carbocycles. The molecule has 1 aliphatic rings. The molecule has 2 rings (SSSR count). The summed E-state index contributed by atoms with van der Waals surface area (Å²) < 4.78 is 16.3. The monoisotopic (exact) mass is 294 g/mol. The van der Waals surface area contributed by atoms with Crippen molar-refractivity contribution in [1.29, 1.82) is 0 Å². The van der Waals surface area contributed by atoms with Gasteiger partial charge in [-0.3, -0.25) is 4.90 Å². The number of nitrogens with two attached hydrogens (primary N) is 1. The maximum atomic E-state index is 6.04. The van der Waals surface area contributed by atoms with Gasteiger partial charge in [0.2, 0.25) is 0 Å². The van der Waals surface area contributed by atoms with Gasteiger partial charge >= 0.3 is 0 Å². The first-order chi connectivity index (χ1) is 10.1. The molecule has 0 bridgehead atoms. The molecular weight excluding hydrogens is 268 g/mol. The summed E-state index contributed by atoms with van der Waals surface area (Å²) in [4.78, 5) is 2.43. The fourth-order valence-corrected chi connectivity index (χ4v) is 2.93. The predicted molar refractivity (Wildman–Crippen MR) is 83.2 cm³/mol. The van der Waals surface area contributed by atoms with Crippen LogP contribution in [0.25, 0.3) is 0 Å². The Balaban J connectivity index is 2.25. The highest BCUT2D eigenvalue weighted by molar-refractivity contribution is 5.50. The summed E-state index contributed by atoms with van der Waals surface area (Å²) >= 11 is 0. The van der Waals surface area contributed by atoms with Crippen molar-refractivity contribution in [3.05, 3.63) is 17.7 Å². The number of piperidine rings is 1. The Bertz CT molecular complexity index is 454. The van der Waals surface area contributed by atoms with Gasteiger partial charge in [0.1, 0.15) is 17.2 Å². The van der Waals surface area contributed by atoms with Crippen LogP contribution >= 0.6 is 0 Å². The van der Waals surface area contributed by atoms with Crippen molar-refractivity contribution >= 4 is 0 Å². The lowest BCUT2D eigenvalue weighted by molar-refractivity contribution is 0.137. The van der Waals surface area contributed by atoms with Gasteiger partial charge in [0, 0.05) is 37.3 Å². The van der Waals surface area contributed by atoms with E-state index in [0.717, 1.165) is 48.7 Å². The standard InChI is InChI=1S/C16H26N2O3/c1-11-7-12(17)5-6-18(11)10-14-15(20-3)8-13(19-2)9-16(14)21-4/h8-9,11-12H,5-7,10,17H2,1-4H3. The van der Waals surface area contributed by atoms with Crippen molar-refractivity contribution in [3.8, 4) is 17.2 Å². The van der Waals surface area contributed by atoms with E-state index in [9.17, 15) is 0 Å². The zero-order valence-electron chi connectivity index (χ0n) is 13.4. The maximum Gasteiger partial charge on any atom is 0.130 e. The fraction of sp³-hybridized carbons (Fsp3) is 0.625. The van der Waals surface area contributed by atoms with Gasteiger partial charge in [-0.15, -0.1) is 0 Å². The quantitative estimate of drug-likeness (QED) is 0.900. The third-order valence-corrected chi connectivity index (χ3v) is 4.23. The molecule has 2 atom stereocenters. The van der Waals surface area contributed by atoms with Gasteiger partial charge in [-0.25, -0.2) is 0 Å². The molecule has 5 heteroatoms. The number of hydrogen-bond donors (Lipinski definition) is 1. The highest BCUT2D eigenvalue weighted by Gasteiger charge is 2.25. The van der Waals surface area contributed by atoms with Crippen LogP contribution in [-0.4, -0.2) is 44.9 Å². The number of benzene rings is 1. The molecule has 2 N–H and O–H groups in total. The summed E-state index contributed by atoms with van der Waals surface area (Å²) in [7, 11) is 4.99. The third kappa shape index (κ3) is 3.60. The van der Waals surface area contributed by atoms with E-state index in [0.29, 0.717) is 12.1 Å². The summed E-state index contributed by atoms with van der Waals surface area (Å²) in [6.07, 6.45) is 2.06. The molecule has 1 fully saturated rings. The number of ether oxygens (including phenoxy) is 3. The molecular formula is C16H26N2O3. The molecule has 1 aliphatic heterocycles. The van der Waals surface area contributed by atoms with Crippen molar-refractivity contribution < 1.29 is 14.2 Å². The van der Waals surface area contributed by atoms with E-state index in [1.165, 1.54) is 0 Å². The molecule has 1 aromatic rings. The van der Waals surface area contributed by atoms with Gasteiger partial charge in [-0.2, -0.15) is 0 Å². The molecule has 1 aromatic carbocycles. The zero-order chi connectivity index (χ0) is 15.4. The van der Waals surface area contributed by atoms with Crippen LogP contribution in [0.5, 0.6) is 17.2 Å². The largest absolute Gasteiger partial charge is 0.496 e. The minimum Gasteiger partial charge on any atom is -0.496 e. The summed E-state index contributed by atoms with van der Waals surface area (Å²) in [5.41, 5.74) is 7.10. The number of likely N-dealkylation sites (tertiary alicyclic amines) is 1. The molecule has 21 heavy (non-hydrogen) atoms. The van der Waals surface area contributed by atoms with Crippen LogP contribution in [0.15, 0.2) is 12.1 Å². The Labute approximate surface area is 127 Å². The van der Waals surface area contributed by atoms with Crippen LogP contribution in [0.3, 0.4) is 0 Å². The van der Waals surface area contributed by atoms with Gasteiger partial charge in [-0.1, -0.05) is 0 Å². The van der Waals surface area contributed by atoms with Gasteiger partial charge in [0.15, 0.2) is 0 Å². The van der Waals surface area contributed by atoms with E-state index >= 15 is 0 Å². The lowest BCUT2D eigenvalue weighted by Crippen LogP contribution is -2.45. The van der Waals surface area contributed by atoms with E-state index in [-0.39, 0.29) is 0 Å². The Hall–Kier alpha value is -1.46. The molecule has 5 nitrogen and oxygen atoms in total. The molecule has 118 valence electrons. The zero-order valence-corrected chi connectivity index (χ0v) is 13.4. The lowest BCUT2D eigenvalue weighted by atomic mass is 9.98. The van der Waals surface area contributed by atoms with E-state index in [2.05, 4.69) is 11.8 Å². The molecule has 2 unspecified atom stereocenters. The van der Waals surface area contributed by atoms with Crippen LogP contribution in [0.4, 0.5) is 0 Å². The van der Waals surface area contributed by atoms with E-state index in [4.69, 9.17) is 19.9 Å². The van der Waals surface area contributed by atoms with Crippen LogP contribution in [0.2, 0.25) is 0 Å². The SMILES string of the molecule is COc1cc(OC)c(CN2CCC(N)CC2C)c(OC)c1. The van der Waals surface area contributed by atoms with Crippen LogP contribution in [-0.2, 0) is 6.54 Å².